The molecule has 4 rings (SSSR count). The molecule has 32 heavy (non-hydrogen) atoms. The lowest BCUT2D eigenvalue weighted by molar-refractivity contribution is -0.142. The van der Waals surface area contributed by atoms with Gasteiger partial charge >= 0.3 is 6.18 Å². The van der Waals surface area contributed by atoms with Gasteiger partial charge < -0.3 is 5.32 Å². The van der Waals surface area contributed by atoms with Crippen LogP contribution in [0.2, 0.25) is 0 Å². The second kappa shape index (κ2) is 8.83. The number of alkyl halides is 3. The number of nitrogens with zero attached hydrogens (tertiary/aromatic N) is 4. The van der Waals surface area contributed by atoms with E-state index in [1.54, 1.807) is 36.0 Å². The van der Waals surface area contributed by atoms with Crippen LogP contribution in [0, 0.1) is 0 Å². The maximum absolute atomic E-state index is 13.6. The van der Waals surface area contributed by atoms with E-state index < -0.39 is 11.9 Å². The average molecular weight is 455 g/mol. The zero-order chi connectivity index (χ0) is 22.7. The van der Waals surface area contributed by atoms with E-state index in [0.717, 1.165) is 15.6 Å². The van der Waals surface area contributed by atoms with Crippen molar-refractivity contribution in [3.63, 3.8) is 0 Å². The molecule has 0 fully saturated rings. The van der Waals surface area contributed by atoms with E-state index in [1.165, 1.54) is 30.7 Å². The highest BCUT2D eigenvalue weighted by molar-refractivity contribution is 7.98. The number of benzene rings is 1. The summed E-state index contributed by atoms with van der Waals surface area (Å²) in [5.41, 5.74) is 0.206. The van der Waals surface area contributed by atoms with Crippen LogP contribution in [0.5, 0.6) is 0 Å². The molecule has 0 radical (unpaired) electrons. The van der Waals surface area contributed by atoms with Gasteiger partial charge in [-0.3, -0.25) is 9.78 Å². The van der Waals surface area contributed by atoms with E-state index in [2.05, 4.69) is 20.4 Å². The minimum atomic E-state index is -4.62. The lowest BCUT2D eigenvalue weighted by Crippen LogP contribution is -2.15. The average Bonchev–Trinajstić information content (AvgIpc) is 3.26. The van der Waals surface area contributed by atoms with E-state index >= 15 is 0 Å². The summed E-state index contributed by atoms with van der Waals surface area (Å²) in [6.07, 6.45) is 1.50. The van der Waals surface area contributed by atoms with E-state index in [0.29, 0.717) is 11.1 Å². The molecule has 10 heteroatoms. The summed E-state index contributed by atoms with van der Waals surface area (Å²) in [4.78, 5) is 21.4. The first-order valence-electron chi connectivity index (χ1n) is 9.34. The van der Waals surface area contributed by atoms with Crippen molar-refractivity contribution in [1.82, 2.24) is 19.7 Å². The number of carbonyl (C=O) groups excluding carboxylic acids is 1. The van der Waals surface area contributed by atoms with Gasteiger partial charge in [-0.2, -0.15) is 18.3 Å². The summed E-state index contributed by atoms with van der Waals surface area (Å²) in [5, 5.41) is 6.73. The molecule has 6 nitrogen and oxygen atoms in total. The Morgan fingerprint density at radius 2 is 1.84 bits per heavy atom. The third kappa shape index (κ3) is 4.65. The Kier molecular flexibility index (Phi) is 5.95. The summed E-state index contributed by atoms with van der Waals surface area (Å²) in [7, 11) is 0. The topological polar surface area (TPSA) is 72.7 Å². The Bertz CT molecular complexity index is 1220. The van der Waals surface area contributed by atoms with Crippen LogP contribution in [-0.2, 0) is 6.18 Å². The molecule has 162 valence electrons. The van der Waals surface area contributed by atoms with Gasteiger partial charge in [0, 0.05) is 28.4 Å². The molecule has 0 unspecified atom stereocenters. The number of carbonyl (C=O) groups is 1. The van der Waals surface area contributed by atoms with Crippen molar-refractivity contribution in [2.24, 2.45) is 0 Å². The summed E-state index contributed by atoms with van der Waals surface area (Å²) in [5.74, 6) is -0.160. The Morgan fingerprint density at radius 1 is 1.06 bits per heavy atom. The molecule has 3 aromatic heterocycles. The molecule has 4 aromatic rings. The van der Waals surface area contributed by atoms with Crippen molar-refractivity contribution < 1.29 is 18.0 Å². The summed E-state index contributed by atoms with van der Waals surface area (Å²) in [6.45, 7) is 0. The highest BCUT2D eigenvalue weighted by Crippen LogP contribution is 2.34. The Morgan fingerprint density at radius 3 is 2.44 bits per heavy atom. The molecule has 1 N–H and O–H groups in total. The molecule has 0 spiro atoms. The fourth-order valence-corrected chi connectivity index (χ4v) is 3.36. The molecule has 0 aliphatic rings. The van der Waals surface area contributed by atoms with Crippen LogP contribution in [0.25, 0.3) is 16.9 Å². The Hall–Kier alpha value is -3.66. The lowest BCUT2D eigenvalue weighted by Gasteiger charge is -2.10. The summed E-state index contributed by atoms with van der Waals surface area (Å²) >= 11 is 1.56. The van der Waals surface area contributed by atoms with Crippen LogP contribution in [0.1, 0.15) is 16.1 Å². The van der Waals surface area contributed by atoms with Crippen LogP contribution in [0.15, 0.2) is 78.1 Å². The molecule has 3 heterocycles. The third-order valence-corrected chi connectivity index (χ3v) is 5.29. The number of hydrogen-bond acceptors (Lipinski definition) is 5. The molecule has 0 atom stereocenters. The highest BCUT2D eigenvalue weighted by atomic mass is 32.2. The van der Waals surface area contributed by atoms with Crippen LogP contribution >= 0.6 is 11.8 Å². The van der Waals surface area contributed by atoms with Crippen LogP contribution < -0.4 is 5.32 Å². The van der Waals surface area contributed by atoms with Crippen molar-refractivity contribution >= 4 is 23.5 Å². The molecule has 0 aliphatic heterocycles. The number of hydrogen-bond donors (Lipinski definition) is 1. The highest BCUT2D eigenvalue weighted by Gasteiger charge is 2.36. The maximum Gasteiger partial charge on any atom is 0.433 e. The molecular formula is C22H16F3N5OS. The number of pyridine rings is 2. The Labute approximate surface area is 185 Å². The van der Waals surface area contributed by atoms with Gasteiger partial charge in [0.05, 0.1) is 17.6 Å². The minimum Gasteiger partial charge on any atom is -0.307 e. The first-order chi connectivity index (χ1) is 15.3. The van der Waals surface area contributed by atoms with Gasteiger partial charge in [0.2, 0.25) is 0 Å². The van der Waals surface area contributed by atoms with Crippen molar-refractivity contribution in [1.29, 1.82) is 0 Å². The first-order valence-corrected chi connectivity index (χ1v) is 10.6. The fourth-order valence-electron chi connectivity index (χ4n) is 2.95. The van der Waals surface area contributed by atoms with Gasteiger partial charge in [-0.05, 0) is 60.9 Å². The number of anilines is 1. The van der Waals surface area contributed by atoms with Crippen LogP contribution in [-0.4, -0.2) is 31.9 Å². The predicted octanol–water partition coefficient (Wildman–Crippen LogP) is 5.32. The molecule has 0 aliphatic carbocycles. The van der Waals surface area contributed by atoms with Crippen LogP contribution in [0.4, 0.5) is 19.0 Å². The molecule has 0 saturated carbocycles. The van der Waals surface area contributed by atoms with Gasteiger partial charge in [0.15, 0.2) is 0 Å². The minimum absolute atomic E-state index is 0.106. The smallest absolute Gasteiger partial charge is 0.307 e. The van der Waals surface area contributed by atoms with Gasteiger partial charge in [0.25, 0.3) is 5.91 Å². The van der Waals surface area contributed by atoms with Crippen molar-refractivity contribution in [2.75, 3.05) is 11.6 Å². The standard InChI is InChI=1S/C22H16F3N5OS/c1-32-17-7-4-14(5-8-17)21(31)28-20-9-6-16(13-27-20)30-19(22(23,24)25)11-18(29-30)15-3-2-10-26-12-15/h2-13H,1H3,(H,27,28,31). The van der Waals surface area contributed by atoms with Crippen molar-refractivity contribution in [2.45, 2.75) is 11.1 Å². The van der Waals surface area contributed by atoms with E-state index in [4.69, 9.17) is 0 Å². The van der Waals surface area contributed by atoms with Crippen molar-refractivity contribution in [3.05, 3.63) is 84.4 Å². The monoisotopic (exact) mass is 455 g/mol. The molecule has 0 saturated heterocycles. The van der Waals surface area contributed by atoms with Gasteiger partial charge in [0.1, 0.15) is 11.5 Å². The SMILES string of the molecule is CSc1ccc(C(=O)Nc2ccc(-n3nc(-c4cccnc4)cc3C(F)(F)F)cn2)cc1. The number of halogens is 3. The first kappa shape index (κ1) is 21.6. The molecular weight excluding hydrogens is 439 g/mol. The van der Waals surface area contributed by atoms with E-state index in [9.17, 15) is 18.0 Å². The number of nitrogens with one attached hydrogen (secondary N) is 1. The number of thioether (sulfide) groups is 1. The zero-order valence-corrected chi connectivity index (χ0v) is 17.5. The summed E-state index contributed by atoms with van der Waals surface area (Å²) < 4.78 is 41.6. The maximum atomic E-state index is 13.6. The van der Waals surface area contributed by atoms with E-state index in [-0.39, 0.29) is 23.1 Å². The second-order valence-electron chi connectivity index (χ2n) is 6.65. The van der Waals surface area contributed by atoms with Gasteiger partial charge in [-0.15, -0.1) is 11.8 Å². The van der Waals surface area contributed by atoms with Gasteiger partial charge in [-0.1, -0.05) is 0 Å². The number of aromatic nitrogens is 4. The number of rotatable bonds is 5. The largest absolute Gasteiger partial charge is 0.433 e. The third-order valence-electron chi connectivity index (χ3n) is 4.54. The lowest BCUT2D eigenvalue weighted by atomic mass is 10.2. The normalized spacial score (nSPS) is 11.4. The fraction of sp³-hybridized carbons (Fsp3) is 0.0909. The molecule has 1 aromatic carbocycles. The second-order valence-corrected chi connectivity index (χ2v) is 7.53. The zero-order valence-electron chi connectivity index (χ0n) is 16.7. The quantitative estimate of drug-likeness (QED) is 0.412. The van der Waals surface area contributed by atoms with E-state index in [1.807, 2.05) is 18.4 Å². The summed E-state index contributed by atoms with van der Waals surface area (Å²) in [6, 6.07) is 14.1. The Balaban J connectivity index is 1.59. The molecule has 1 amide bonds. The number of amides is 1. The van der Waals surface area contributed by atoms with Crippen molar-refractivity contribution in [3.8, 4) is 16.9 Å². The van der Waals surface area contributed by atoms with Gasteiger partial charge in [-0.25, -0.2) is 9.67 Å². The molecule has 0 bridgehead atoms. The van der Waals surface area contributed by atoms with Crippen LogP contribution in [0.3, 0.4) is 0 Å². The predicted molar refractivity (Wildman–Crippen MR) is 116 cm³/mol.